The Morgan fingerprint density at radius 2 is 1.73 bits per heavy atom. The number of nitrogens with one attached hydrogen (secondary N) is 2. The average molecular weight is 429 g/mol. The molecule has 0 aliphatic carbocycles. The maximum absolute atomic E-state index is 12.4. The number of carbonyl (C=O) groups is 1. The van der Waals surface area contributed by atoms with Crippen LogP contribution in [0.2, 0.25) is 0 Å². The number of amides is 1. The fraction of sp³-hybridized carbons (Fsp3) is 0.227. The molecule has 0 fully saturated rings. The summed E-state index contributed by atoms with van der Waals surface area (Å²) in [7, 11) is -3.90. The number of hydrogen-bond donors (Lipinski definition) is 2. The van der Waals surface area contributed by atoms with Crippen LogP contribution in [0.15, 0.2) is 76.0 Å². The van der Waals surface area contributed by atoms with E-state index >= 15 is 0 Å². The van der Waals surface area contributed by atoms with Crippen LogP contribution >= 0.6 is 0 Å². The van der Waals surface area contributed by atoms with E-state index in [0.29, 0.717) is 17.4 Å². The third-order valence-corrected chi connectivity index (χ3v) is 5.94. The van der Waals surface area contributed by atoms with E-state index in [2.05, 4.69) is 24.1 Å². The molecule has 1 aromatic heterocycles. The van der Waals surface area contributed by atoms with Crippen molar-refractivity contribution >= 4 is 15.9 Å². The molecule has 0 bridgehead atoms. The topological polar surface area (TPSA) is 97.6 Å². The molecule has 1 heterocycles. The highest BCUT2D eigenvalue weighted by Crippen LogP contribution is 2.20. The van der Waals surface area contributed by atoms with E-state index in [4.69, 9.17) is 9.15 Å². The zero-order valence-electron chi connectivity index (χ0n) is 16.8. The lowest BCUT2D eigenvalue weighted by atomic mass is 9.99. The van der Waals surface area contributed by atoms with Gasteiger partial charge in [0.1, 0.15) is 18.1 Å². The van der Waals surface area contributed by atoms with Gasteiger partial charge in [-0.05, 0) is 54.3 Å². The SMILES string of the molecule is CCC(C)c1ccc(S(=O)(=O)NNC(=O)c2ccc(COc3ccccc3)o2)cc1. The fourth-order valence-corrected chi connectivity index (χ4v) is 3.53. The predicted molar refractivity (Wildman–Crippen MR) is 112 cm³/mol. The number of rotatable bonds is 9. The van der Waals surface area contributed by atoms with Crippen LogP contribution in [0.5, 0.6) is 5.75 Å². The van der Waals surface area contributed by atoms with Crippen LogP contribution in [-0.4, -0.2) is 14.3 Å². The van der Waals surface area contributed by atoms with Gasteiger partial charge in [0.05, 0.1) is 4.90 Å². The summed E-state index contributed by atoms with van der Waals surface area (Å²) in [5.41, 5.74) is 3.22. The highest BCUT2D eigenvalue weighted by atomic mass is 32.2. The molecule has 2 aromatic carbocycles. The van der Waals surface area contributed by atoms with E-state index in [1.54, 1.807) is 30.3 Å². The highest BCUT2D eigenvalue weighted by molar-refractivity contribution is 7.89. The highest BCUT2D eigenvalue weighted by Gasteiger charge is 2.18. The summed E-state index contributed by atoms with van der Waals surface area (Å²) >= 11 is 0. The number of ether oxygens (including phenoxy) is 1. The molecular formula is C22H24N2O5S. The van der Waals surface area contributed by atoms with Crippen molar-refractivity contribution in [3.63, 3.8) is 0 Å². The maximum Gasteiger partial charge on any atom is 0.301 e. The fourth-order valence-electron chi connectivity index (χ4n) is 2.69. The van der Waals surface area contributed by atoms with Gasteiger partial charge in [-0.3, -0.25) is 10.2 Å². The van der Waals surface area contributed by atoms with Gasteiger partial charge in [0.15, 0.2) is 5.76 Å². The van der Waals surface area contributed by atoms with Crippen LogP contribution in [0.25, 0.3) is 0 Å². The molecule has 7 nitrogen and oxygen atoms in total. The minimum Gasteiger partial charge on any atom is -0.486 e. The van der Waals surface area contributed by atoms with Gasteiger partial charge < -0.3 is 9.15 Å². The Morgan fingerprint density at radius 1 is 1.03 bits per heavy atom. The van der Waals surface area contributed by atoms with Crippen LogP contribution < -0.4 is 15.0 Å². The molecule has 1 unspecified atom stereocenters. The molecule has 158 valence electrons. The molecule has 0 saturated carbocycles. The third-order valence-electron chi connectivity index (χ3n) is 4.68. The number of carbonyl (C=O) groups excluding carboxylic acids is 1. The Morgan fingerprint density at radius 3 is 2.40 bits per heavy atom. The molecule has 0 aliphatic rings. The second kappa shape index (κ2) is 9.60. The van der Waals surface area contributed by atoms with Crippen LogP contribution in [0, 0.1) is 0 Å². The lowest BCUT2D eigenvalue weighted by Gasteiger charge is -2.11. The van der Waals surface area contributed by atoms with Crippen LogP contribution in [-0.2, 0) is 16.6 Å². The third kappa shape index (κ3) is 5.49. The zero-order valence-corrected chi connectivity index (χ0v) is 17.6. The van der Waals surface area contributed by atoms with Crippen LogP contribution in [0.1, 0.15) is 48.1 Å². The molecule has 0 aliphatic heterocycles. The first kappa shape index (κ1) is 21.6. The van der Waals surface area contributed by atoms with E-state index in [1.165, 1.54) is 18.2 Å². The Kier molecular flexibility index (Phi) is 6.91. The van der Waals surface area contributed by atoms with Crippen molar-refractivity contribution in [3.05, 3.63) is 83.8 Å². The minimum atomic E-state index is -3.90. The van der Waals surface area contributed by atoms with Crippen molar-refractivity contribution < 1.29 is 22.4 Å². The quantitative estimate of drug-likeness (QED) is 0.502. The minimum absolute atomic E-state index is 0.0310. The van der Waals surface area contributed by atoms with E-state index in [0.717, 1.165) is 12.0 Å². The normalized spacial score (nSPS) is 12.3. The van der Waals surface area contributed by atoms with Crippen molar-refractivity contribution in [2.75, 3.05) is 0 Å². The van der Waals surface area contributed by atoms with Gasteiger partial charge in [0.2, 0.25) is 0 Å². The summed E-state index contributed by atoms with van der Waals surface area (Å²) in [5.74, 6) is 0.713. The molecule has 2 N–H and O–H groups in total. The molecule has 3 aromatic rings. The Bertz CT molecular complexity index is 1080. The monoisotopic (exact) mass is 428 g/mol. The van der Waals surface area contributed by atoms with E-state index in [-0.39, 0.29) is 17.3 Å². The first-order valence-corrected chi connectivity index (χ1v) is 11.1. The van der Waals surface area contributed by atoms with Crippen molar-refractivity contribution in [1.82, 2.24) is 10.3 Å². The van der Waals surface area contributed by atoms with Crippen molar-refractivity contribution in [2.45, 2.75) is 37.7 Å². The molecule has 0 radical (unpaired) electrons. The van der Waals surface area contributed by atoms with E-state index < -0.39 is 15.9 Å². The molecule has 30 heavy (non-hydrogen) atoms. The number of hydrazine groups is 1. The van der Waals surface area contributed by atoms with Gasteiger partial charge in [0, 0.05) is 0 Å². The molecular weight excluding hydrogens is 404 g/mol. The lowest BCUT2D eigenvalue weighted by molar-refractivity contribution is 0.0913. The average Bonchev–Trinajstić information content (AvgIpc) is 3.25. The van der Waals surface area contributed by atoms with Gasteiger partial charge in [0.25, 0.3) is 10.0 Å². The molecule has 1 atom stereocenters. The maximum atomic E-state index is 12.4. The van der Waals surface area contributed by atoms with Gasteiger partial charge in [-0.25, -0.2) is 8.42 Å². The first-order chi connectivity index (χ1) is 14.4. The second-order valence-corrected chi connectivity index (χ2v) is 8.49. The number of benzene rings is 2. The van der Waals surface area contributed by atoms with Gasteiger partial charge in [-0.15, -0.1) is 4.83 Å². The lowest BCUT2D eigenvalue weighted by Crippen LogP contribution is -2.41. The second-order valence-electron chi connectivity index (χ2n) is 6.81. The van der Waals surface area contributed by atoms with Crippen LogP contribution in [0.3, 0.4) is 0 Å². The van der Waals surface area contributed by atoms with Gasteiger partial charge >= 0.3 is 5.91 Å². The Balaban J connectivity index is 1.56. The van der Waals surface area contributed by atoms with E-state index in [1.807, 2.05) is 18.2 Å². The number of para-hydroxylation sites is 1. The first-order valence-electron chi connectivity index (χ1n) is 9.57. The largest absolute Gasteiger partial charge is 0.486 e. The number of sulfonamides is 1. The molecule has 3 rings (SSSR count). The molecule has 0 saturated heterocycles. The standard InChI is InChI=1S/C22H24N2O5S/c1-3-16(2)17-9-12-20(13-10-17)30(26,27)24-23-22(25)21-14-11-19(29-21)15-28-18-7-5-4-6-8-18/h4-14,16,24H,3,15H2,1-2H3,(H,23,25). The van der Waals surface area contributed by atoms with E-state index in [9.17, 15) is 13.2 Å². The zero-order chi connectivity index (χ0) is 21.6. The Labute approximate surface area is 176 Å². The molecule has 1 amide bonds. The van der Waals surface area contributed by atoms with Crippen LogP contribution in [0.4, 0.5) is 0 Å². The predicted octanol–water partition coefficient (Wildman–Crippen LogP) is 4.00. The summed E-state index contributed by atoms with van der Waals surface area (Å²) in [6, 6.07) is 18.8. The summed E-state index contributed by atoms with van der Waals surface area (Å²) < 4.78 is 35.8. The summed E-state index contributed by atoms with van der Waals surface area (Å²) in [6.45, 7) is 4.29. The number of furan rings is 1. The Hall–Kier alpha value is -3.10. The van der Waals surface area contributed by atoms with Crippen molar-refractivity contribution in [1.29, 1.82) is 0 Å². The van der Waals surface area contributed by atoms with Gasteiger partial charge in [-0.2, -0.15) is 0 Å². The van der Waals surface area contributed by atoms with Crippen molar-refractivity contribution in [3.8, 4) is 5.75 Å². The molecule has 0 spiro atoms. The summed E-state index contributed by atoms with van der Waals surface area (Å²) in [5, 5.41) is 0. The number of hydrogen-bond acceptors (Lipinski definition) is 5. The smallest absolute Gasteiger partial charge is 0.301 e. The molecule has 8 heteroatoms. The van der Waals surface area contributed by atoms with Crippen molar-refractivity contribution in [2.24, 2.45) is 0 Å². The summed E-state index contributed by atoms with van der Waals surface area (Å²) in [4.78, 5) is 14.4. The van der Waals surface area contributed by atoms with Gasteiger partial charge in [-0.1, -0.05) is 44.2 Å². The summed E-state index contributed by atoms with van der Waals surface area (Å²) in [6.07, 6.45) is 0.960.